The van der Waals surface area contributed by atoms with Crippen molar-refractivity contribution in [1.29, 1.82) is 5.26 Å². The van der Waals surface area contributed by atoms with Gasteiger partial charge in [0.2, 0.25) is 0 Å². The van der Waals surface area contributed by atoms with Crippen LogP contribution in [0.25, 0.3) is 17.3 Å². The first-order valence-electron chi connectivity index (χ1n) is 5.45. The van der Waals surface area contributed by atoms with E-state index in [1.807, 2.05) is 52.5 Å². The molecule has 0 spiro atoms. The van der Waals surface area contributed by atoms with Gasteiger partial charge < -0.3 is 4.40 Å². The smallest absolute Gasteiger partial charge is 0.136 e. The lowest BCUT2D eigenvalue weighted by atomic mass is 10.1. The summed E-state index contributed by atoms with van der Waals surface area (Å²) in [6, 6.07) is 10.0. The van der Waals surface area contributed by atoms with Crippen LogP contribution in [0.1, 0.15) is 10.4 Å². The first-order chi connectivity index (χ1) is 8.86. The van der Waals surface area contributed by atoms with Crippen molar-refractivity contribution in [2.75, 3.05) is 0 Å². The van der Waals surface area contributed by atoms with Crippen molar-refractivity contribution in [3.8, 4) is 6.07 Å². The summed E-state index contributed by atoms with van der Waals surface area (Å²) in [6.07, 6.45) is 7.51. The summed E-state index contributed by atoms with van der Waals surface area (Å²) in [5.41, 5.74) is 2.58. The summed E-state index contributed by atoms with van der Waals surface area (Å²) in [5, 5.41) is 11.2. The maximum absolute atomic E-state index is 9.20. The number of aromatic nitrogens is 2. The van der Waals surface area contributed by atoms with Gasteiger partial charge in [-0.15, -0.1) is 11.3 Å². The Bertz CT molecular complexity index is 745. The average Bonchev–Trinajstić information content (AvgIpc) is 3.06. The Morgan fingerprint density at radius 2 is 2.33 bits per heavy atom. The molecule has 3 rings (SSSR count). The van der Waals surface area contributed by atoms with Gasteiger partial charge in [-0.3, -0.25) is 0 Å². The standard InChI is InChI=1S/C14H9N3S/c15-9-12(13-2-1-7-18-13)8-11-3-4-14-16-5-6-17(14)10-11/h1-8,10H. The molecule has 0 saturated carbocycles. The lowest BCUT2D eigenvalue weighted by Crippen LogP contribution is -1.85. The molecule has 0 bridgehead atoms. The van der Waals surface area contributed by atoms with Gasteiger partial charge in [0.15, 0.2) is 0 Å². The number of nitrogens with zero attached hydrogens (tertiary/aromatic N) is 3. The summed E-state index contributed by atoms with van der Waals surface area (Å²) in [4.78, 5) is 5.18. The van der Waals surface area contributed by atoms with Crippen LogP contribution < -0.4 is 0 Å². The molecule has 0 atom stereocenters. The molecule has 3 aromatic heterocycles. The van der Waals surface area contributed by atoms with Crippen LogP contribution in [0.2, 0.25) is 0 Å². The molecule has 0 aliphatic rings. The minimum absolute atomic E-state index is 0.685. The maximum atomic E-state index is 9.20. The molecule has 0 N–H and O–H groups in total. The third-order valence-electron chi connectivity index (χ3n) is 2.63. The number of rotatable bonds is 2. The topological polar surface area (TPSA) is 41.1 Å². The van der Waals surface area contributed by atoms with Gasteiger partial charge in [0.05, 0.1) is 5.57 Å². The highest BCUT2D eigenvalue weighted by Crippen LogP contribution is 2.22. The molecule has 0 radical (unpaired) electrons. The number of thiophene rings is 1. The molecule has 0 saturated heterocycles. The molecule has 3 aromatic rings. The fraction of sp³-hybridized carbons (Fsp3) is 0. The zero-order valence-electron chi connectivity index (χ0n) is 9.45. The lowest BCUT2D eigenvalue weighted by Gasteiger charge is -1.98. The van der Waals surface area contributed by atoms with Crippen molar-refractivity contribution in [3.63, 3.8) is 0 Å². The zero-order chi connectivity index (χ0) is 12.4. The number of fused-ring (bicyclic) bond motifs is 1. The average molecular weight is 251 g/mol. The molecule has 0 fully saturated rings. The van der Waals surface area contributed by atoms with Crippen LogP contribution in [-0.2, 0) is 0 Å². The number of imidazole rings is 1. The molecular formula is C14H9N3S. The number of hydrogen-bond donors (Lipinski definition) is 0. The Labute approximate surface area is 108 Å². The second-order valence-corrected chi connectivity index (χ2v) is 4.75. The molecule has 0 amide bonds. The Morgan fingerprint density at radius 3 is 3.11 bits per heavy atom. The maximum Gasteiger partial charge on any atom is 0.136 e. The van der Waals surface area contributed by atoms with Gasteiger partial charge in [-0.1, -0.05) is 6.07 Å². The minimum Gasteiger partial charge on any atom is -0.307 e. The Kier molecular flexibility index (Phi) is 2.67. The van der Waals surface area contributed by atoms with Crippen LogP contribution in [0.15, 0.2) is 48.2 Å². The monoisotopic (exact) mass is 251 g/mol. The van der Waals surface area contributed by atoms with Crippen molar-refractivity contribution in [1.82, 2.24) is 9.38 Å². The summed E-state index contributed by atoms with van der Waals surface area (Å²) in [7, 11) is 0. The van der Waals surface area contributed by atoms with E-state index in [1.54, 1.807) is 17.5 Å². The van der Waals surface area contributed by atoms with Crippen LogP contribution in [0.5, 0.6) is 0 Å². The van der Waals surface area contributed by atoms with Crippen molar-refractivity contribution in [2.24, 2.45) is 0 Å². The highest BCUT2D eigenvalue weighted by Gasteiger charge is 2.02. The molecule has 3 heterocycles. The second kappa shape index (κ2) is 4.47. The molecule has 4 heteroatoms. The van der Waals surface area contributed by atoms with Gasteiger partial charge >= 0.3 is 0 Å². The van der Waals surface area contributed by atoms with Crippen LogP contribution in [0.3, 0.4) is 0 Å². The van der Waals surface area contributed by atoms with Gasteiger partial charge in [0, 0.05) is 23.5 Å². The van der Waals surface area contributed by atoms with Crippen molar-refractivity contribution >= 4 is 28.6 Å². The van der Waals surface area contributed by atoms with Gasteiger partial charge in [-0.2, -0.15) is 5.26 Å². The largest absolute Gasteiger partial charge is 0.307 e. The highest BCUT2D eigenvalue weighted by atomic mass is 32.1. The number of hydrogen-bond acceptors (Lipinski definition) is 3. The SMILES string of the molecule is N#CC(=Cc1ccc2nccn2c1)c1cccs1. The Morgan fingerprint density at radius 1 is 1.39 bits per heavy atom. The molecule has 18 heavy (non-hydrogen) atoms. The minimum atomic E-state index is 0.685. The normalized spacial score (nSPS) is 11.6. The molecule has 0 aliphatic heterocycles. The van der Waals surface area contributed by atoms with Gasteiger partial charge in [-0.05, 0) is 35.2 Å². The summed E-state index contributed by atoms with van der Waals surface area (Å²) in [5.74, 6) is 0. The summed E-state index contributed by atoms with van der Waals surface area (Å²) < 4.78 is 1.94. The van der Waals surface area contributed by atoms with Gasteiger partial charge in [-0.25, -0.2) is 4.98 Å². The lowest BCUT2D eigenvalue weighted by molar-refractivity contribution is 1.18. The Hall–Kier alpha value is -2.38. The zero-order valence-corrected chi connectivity index (χ0v) is 10.3. The predicted molar refractivity (Wildman–Crippen MR) is 73.0 cm³/mol. The summed E-state index contributed by atoms with van der Waals surface area (Å²) >= 11 is 1.57. The van der Waals surface area contributed by atoms with Crippen molar-refractivity contribution in [2.45, 2.75) is 0 Å². The molecule has 0 aliphatic carbocycles. The predicted octanol–water partition coefficient (Wildman–Crippen LogP) is 3.46. The van der Waals surface area contributed by atoms with Crippen LogP contribution in [0.4, 0.5) is 0 Å². The van der Waals surface area contributed by atoms with Gasteiger partial charge in [0.1, 0.15) is 11.7 Å². The van der Waals surface area contributed by atoms with Gasteiger partial charge in [0.25, 0.3) is 0 Å². The van der Waals surface area contributed by atoms with Crippen LogP contribution in [0, 0.1) is 11.3 Å². The third kappa shape index (κ3) is 1.92. The van der Waals surface area contributed by atoms with Crippen LogP contribution in [-0.4, -0.2) is 9.38 Å². The van der Waals surface area contributed by atoms with E-state index in [0.29, 0.717) is 5.57 Å². The highest BCUT2D eigenvalue weighted by molar-refractivity contribution is 7.11. The number of allylic oxidation sites excluding steroid dienone is 1. The van der Waals surface area contributed by atoms with E-state index in [2.05, 4.69) is 11.1 Å². The van der Waals surface area contributed by atoms with E-state index in [1.165, 1.54) is 0 Å². The van der Waals surface area contributed by atoms with E-state index in [0.717, 1.165) is 16.1 Å². The molecular weight excluding hydrogens is 242 g/mol. The third-order valence-corrected chi connectivity index (χ3v) is 3.53. The van der Waals surface area contributed by atoms with Crippen molar-refractivity contribution < 1.29 is 0 Å². The molecule has 3 nitrogen and oxygen atoms in total. The first-order valence-corrected chi connectivity index (χ1v) is 6.33. The van der Waals surface area contributed by atoms with Crippen molar-refractivity contribution in [3.05, 3.63) is 58.7 Å². The number of nitriles is 1. The summed E-state index contributed by atoms with van der Waals surface area (Å²) in [6.45, 7) is 0. The van der Waals surface area contributed by atoms with Crippen LogP contribution >= 0.6 is 11.3 Å². The Balaban J connectivity index is 2.06. The van der Waals surface area contributed by atoms with E-state index >= 15 is 0 Å². The van der Waals surface area contributed by atoms with E-state index in [9.17, 15) is 5.26 Å². The quantitative estimate of drug-likeness (QED) is 0.654. The fourth-order valence-corrected chi connectivity index (χ4v) is 2.47. The molecule has 0 aromatic carbocycles. The fourth-order valence-electron chi connectivity index (χ4n) is 1.78. The second-order valence-electron chi connectivity index (χ2n) is 3.80. The molecule has 86 valence electrons. The first kappa shape index (κ1) is 10.8. The van der Waals surface area contributed by atoms with E-state index in [4.69, 9.17) is 0 Å². The van der Waals surface area contributed by atoms with E-state index in [-0.39, 0.29) is 0 Å². The molecule has 0 unspecified atom stereocenters. The van der Waals surface area contributed by atoms with E-state index < -0.39 is 0 Å². The number of pyridine rings is 1.